The van der Waals surface area contributed by atoms with Crippen molar-refractivity contribution < 1.29 is 71.0 Å². The second kappa shape index (κ2) is 17.1. The number of urea groups is 1. The summed E-state index contributed by atoms with van der Waals surface area (Å²) in [4.78, 5) is 37.3. The van der Waals surface area contributed by atoms with E-state index >= 15 is 0 Å². The first kappa shape index (κ1) is 45.8. The molecule has 0 unspecified atom stereocenters. The molecule has 0 aliphatic heterocycles. The molecule has 22 nitrogen and oxygen atoms in total. The van der Waals surface area contributed by atoms with Gasteiger partial charge < -0.3 is 15.4 Å². The highest BCUT2D eigenvalue weighted by Gasteiger charge is 2.35. The van der Waals surface area contributed by atoms with Crippen molar-refractivity contribution in [1.82, 2.24) is 0 Å². The summed E-state index contributed by atoms with van der Waals surface area (Å²) in [7, 11) is -19.5. The molecule has 0 aromatic heterocycles. The number of ether oxygens (including phenoxy) is 1. The standard InChI is InChI=1S/C39H30N6O16S4/c1-2-61-31-12-8-27(19-32(31)63(52,53)54)43-45-36-34(65(58,59)60)18-23-15-25(7-11-30(23)38(36)47)41-39(48)40-24-6-10-29-22(14-24)17-33(64(55,56)57)35(37(29)46)44-42-26-5-3-21-16-28(62(49,50)51)9-4-20(21)13-26/h3-19,42-43H,2H2,1H3,(H2,40,41,48)(H,49,50,51)(H,52,53,54)(H,55,56,57)(H,58,59,60)/b44-35-,45-36+. The van der Waals surface area contributed by atoms with Crippen molar-refractivity contribution in [3.05, 3.63) is 123 Å². The predicted octanol–water partition coefficient (Wildman–Crippen LogP) is 5.16. The number of fused-ring (bicyclic) bond motifs is 3. The van der Waals surface area contributed by atoms with E-state index in [9.17, 15) is 66.3 Å². The van der Waals surface area contributed by atoms with E-state index in [-0.39, 0.29) is 62.3 Å². The number of hydrogen-bond donors (Lipinski definition) is 8. The zero-order valence-electron chi connectivity index (χ0n) is 32.7. The number of hydrogen-bond acceptors (Lipinski definition) is 16. The number of ketones is 2. The third kappa shape index (κ3) is 9.98. The number of hydrazone groups is 2. The molecule has 8 N–H and O–H groups in total. The molecular formula is C39H30N6O16S4. The van der Waals surface area contributed by atoms with Crippen LogP contribution in [0.4, 0.5) is 27.5 Å². The van der Waals surface area contributed by atoms with Gasteiger partial charge in [0.05, 0.1) is 22.9 Å². The maximum Gasteiger partial charge on any atom is 0.323 e. The quantitative estimate of drug-likeness (QED) is 0.0591. The molecule has 0 spiro atoms. The molecule has 5 aromatic carbocycles. The molecule has 2 amide bonds. The van der Waals surface area contributed by atoms with Crippen LogP contribution in [0.2, 0.25) is 0 Å². The molecule has 7 rings (SSSR count). The number of rotatable bonds is 12. The van der Waals surface area contributed by atoms with Gasteiger partial charge in [0, 0.05) is 22.5 Å². The van der Waals surface area contributed by atoms with Crippen molar-refractivity contribution in [1.29, 1.82) is 0 Å². The van der Waals surface area contributed by atoms with Gasteiger partial charge in [-0.2, -0.15) is 43.9 Å². The summed E-state index contributed by atoms with van der Waals surface area (Å²) < 4.78 is 141. The Kier molecular flexibility index (Phi) is 12.0. The Morgan fingerprint density at radius 2 is 1.02 bits per heavy atom. The second-order valence-corrected chi connectivity index (χ2v) is 19.3. The zero-order valence-corrected chi connectivity index (χ0v) is 36.0. The minimum atomic E-state index is -5.13. The number of amides is 2. The van der Waals surface area contributed by atoms with Gasteiger partial charge in [0.1, 0.15) is 20.5 Å². The van der Waals surface area contributed by atoms with Crippen molar-refractivity contribution in [3.8, 4) is 5.75 Å². The molecule has 0 bridgehead atoms. The monoisotopic (exact) mass is 966 g/mol. The Morgan fingerprint density at radius 1 is 0.554 bits per heavy atom. The first-order valence-corrected chi connectivity index (χ1v) is 23.9. The average Bonchev–Trinajstić information content (AvgIpc) is 3.21. The molecule has 0 radical (unpaired) electrons. The van der Waals surface area contributed by atoms with Gasteiger partial charge in [0.25, 0.3) is 40.5 Å². The van der Waals surface area contributed by atoms with Gasteiger partial charge in [-0.25, -0.2) is 4.79 Å². The molecule has 2 aliphatic rings. The summed E-state index contributed by atoms with van der Waals surface area (Å²) in [6.45, 7) is 1.63. The Morgan fingerprint density at radius 3 is 1.49 bits per heavy atom. The maximum absolute atomic E-state index is 13.5. The minimum Gasteiger partial charge on any atom is -0.492 e. The van der Waals surface area contributed by atoms with Crippen LogP contribution in [-0.2, 0) is 40.5 Å². The number of nitrogens with zero attached hydrogens (tertiary/aromatic N) is 2. The molecule has 65 heavy (non-hydrogen) atoms. The third-order valence-corrected chi connectivity index (χ3v) is 12.8. The molecule has 0 atom stereocenters. The summed E-state index contributed by atoms with van der Waals surface area (Å²) >= 11 is 0. The lowest BCUT2D eigenvalue weighted by atomic mass is 9.94. The van der Waals surface area contributed by atoms with Crippen molar-refractivity contribution >= 4 is 115 Å². The number of Topliss-reactive ketones (excluding diaryl/α,β-unsaturated/α-hetero) is 2. The predicted molar refractivity (Wildman–Crippen MR) is 237 cm³/mol. The Hall–Kier alpha value is -7.17. The van der Waals surface area contributed by atoms with Crippen LogP contribution in [0.25, 0.3) is 22.9 Å². The highest BCUT2D eigenvalue weighted by Crippen LogP contribution is 2.32. The van der Waals surface area contributed by atoms with Crippen LogP contribution in [0, 0.1) is 0 Å². The maximum atomic E-state index is 13.5. The smallest absolute Gasteiger partial charge is 0.323 e. The lowest BCUT2D eigenvalue weighted by Gasteiger charge is -2.18. The van der Waals surface area contributed by atoms with Crippen molar-refractivity contribution in [2.45, 2.75) is 16.7 Å². The van der Waals surface area contributed by atoms with Crippen LogP contribution in [0.15, 0.2) is 121 Å². The highest BCUT2D eigenvalue weighted by atomic mass is 32.2. The Labute approximate surface area is 368 Å². The van der Waals surface area contributed by atoms with Crippen LogP contribution < -0.4 is 26.2 Å². The fourth-order valence-electron chi connectivity index (χ4n) is 6.48. The fraction of sp³-hybridized carbons (Fsp3) is 0.0513. The molecule has 0 fully saturated rings. The fourth-order valence-corrected chi connectivity index (χ4v) is 8.97. The van der Waals surface area contributed by atoms with Crippen LogP contribution in [0.3, 0.4) is 0 Å². The molecule has 0 saturated carbocycles. The van der Waals surface area contributed by atoms with E-state index in [1.807, 2.05) is 0 Å². The summed E-state index contributed by atoms with van der Waals surface area (Å²) in [5.41, 5.74) is 3.24. The van der Waals surface area contributed by atoms with Gasteiger partial charge in [-0.1, -0.05) is 12.1 Å². The van der Waals surface area contributed by atoms with E-state index in [4.69, 9.17) is 4.74 Å². The van der Waals surface area contributed by atoms with E-state index in [2.05, 4.69) is 31.7 Å². The van der Waals surface area contributed by atoms with Crippen molar-refractivity contribution in [2.75, 3.05) is 28.1 Å². The minimum absolute atomic E-state index is 0.00921. The number of carbonyl (C=O) groups excluding carboxylic acids is 3. The van der Waals surface area contributed by atoms with E-state index < -0.39 is 84.2 Å². The number of benzene rings is 5. The third-order valence-electron chi connectivity index (χ3n) is 9.36. The van der Waals surface area contributed by atoms with Crippen LogP contribution >= 0.6 is 0 Å². The van der Waals surface area contributed by atoms with Gasteiger partial charge in [0.2, 0.25) is 11.6 Å². The first-order chi connectivity index (χ1) is 30.4. The number of nitrogens with one attached hydrogen (secondary N) is 4. The summed E-state index contributed by atoms with van der Waals surface area (Å²) in [5, 5.41) is 13.6. The van der Waals surface area contributed by atoms with E-state index in [0.29, 0.717) is 10.8 Å². The average molecular weight is 967 g/mol. The molecule has 0 heterocycles. The SMILES string of the molecule is CCOc1ccc(N/N=C2/C(=O)c3ccc(NC(=O)Nc4ccc5c(c4)C=C(S(=O)(=O)O)/C(=N/Nc4ccc6cc(S(=O)(=O)O)ccc6c4)C5=O)cc3C=C2S(=O)(=O)O)cc1S(=O)(=O)O. The van der Waals surface area contributed by atoms with E-state index in [1.165, 1.54) is 78.9 Å². The van der Waals surface area contributed by atoms with Crippen LogP contribution in [-0.4, -0.2) is 87.5 Å². The molecule has 5 aromatic rings. The van der Waals surface area contributed by atoms with Gasteiger partial charge >= 0.3 is 6.03 Å². The molecule has 26 heteroatoms. The lowest BCUT2D eigenvalue weighted by Crippen LogP contribution is -2.27. The molecular weight excluding hydrogens is 937 g/mol. The van der Waals surface area contributed by atoms with Crippen LogP contribution in [0.1, 0.15) is 38.8 Å². The van der Waals surface area contributed by atoms with Gasteiger partial charge in [0.15, 0.2) is 11.4 Å². The Bertz CT molecular complexity index is 3510. The molecule has 336 valence electrons. The van der Waals surface area contributed by atoms with Gasteiger partial charge in [-0.05, 0) is 120 Å². The van der Waals surface area contributed by atoms with E-state index in [0.717, 1.165) is 24.3 Å². The van der Waals surface area contributed by atoms with Gasteiger partial charge in [-0.3, -0.25) is 38.7 Å². The van der Waals surface area contributed by atoms with Gasteiger partial charge in [-0.15, -0.1) is 0 Å². The van der Waals surface area contributed by atoms with E-state index in [1.54, 1.807) is 6.92 Å². The molecule has 0 saturated heterocycles. The largest absolute Gasteiger partial charge is 0.492 e. The normalized spacial score (nSPS) is 15.5. The van der Waals surface area contributed by atoms with Crippen molar-refractivity contribution in [2.24, 2.45) is 10.2 Å². The topological polar surface area (TPSA) is 351 Å². The van der Waals surface area contributed by atoms with Crippen LogP contribution in [0.5, 0.6) is 5.75 Å². The number of allylic oxidation sites excluding steroid dienone is 2. The molecule has 2 aliphatic carbocycles. The summed E-state index contributed by atoms with van der Waals surface area (Å²) in [6, 6.07) is 18.1. The second-order valence-electron chi connectivity index (χ2n) is 13.7. The summed E-state index contributed by atoms with van der Waals surface area (Å²) in [6.07, 6.45) is 1.85. The first-order valence-electron chi connectivity index (χ1n) is 18.2. The lowest BCUT2D eigenvalue weighted by molar-refractivity contribution is 0.105. The van der Waals surface area contributed by atoms with Crippen molar-refractivity contribution in [3.63, 3.8) is 0 Å². The summed E-state index contributed by atoms with van der Waals surface area (Å²) in [5.74, 6) is -2.12. The Balaban J connectivity index is 1.09. The zero-order chi connectivity index (χ0) is 47.2. The number of carbonyl (C=O) groups is 3. The highest BCUT2D eigenvalue weighted by molar-refractivity contribution is 7.91. The number of anilines is 4.